The van der Waals surface area contributed by atoms with Crippen molar-refractivity contribution >= 4 is 0 Å². The molecule has 0 spiro atoms. The van der Waals surface area contributed by atoms with Crippen LogP contribution in [0.1, 0.15) is 39.5 Å². The zero-order valence-corrected chi connectivity index (χ0v) is 7.27. The third-order valence-corrected chi connectivity index (χ3v) is 1.73. The quantitative estimate of drug-likeness (QED) is 0.510. The van der Waals surface area contributed by atoms with Crippen molar-refractivity contribution in [1.82, 2.24) is 0 Å². The number of unbranched alkanes of at least 4 members (excludes halogenated alkanes) is 2. The van der Waals surface area contributed by atoms with E-state index in [9.17, 15) is 0 Å². The Labute approximate surface area is 65.3 Å². The summed E-state index contributed by atoms with van der Waals surface area (Å²) in [5.41, 5.74) is 0. The molecular weight excluding hydrogens is 120 g/mol. The summed E-state index contributed by atoms with van der Waals surface area (Å²) in [6, 6.07) is 0. The van der Waals surface area contributed by atoms with Crippen LogP contribution in [0.15, 0.2) is 12.2 Å². The topological polar surface area (TPSA) is 0 Å². The Bertz CT molecular complexity index is 82.0. The Kier molecular flexibility index (Phi) is 6.68. The first-order valence-corrected chi connectivity index (χ1v) is 4.27. The van der Waals surface area contributed by atoms with Gasteiger partial charge in [0.05, 0.1) is 0 Å². The summed E-state index contributed by atoms with van der Waals surface area (Å²) in [7, 11) is 0. The first-order chi connectivity index (χ1) is 4.81. The lowest BCUT2D eigenvalue weighted by molar-refractivity contribution is 0.576. The minimum absolute atomic E-state index is 0.726. The van der Waals surface area contributed by atoms with E-state index in [2.05, 4.69) is 26.8 Å². The molecule has 59 valence electrons. The molecule has 1 atom stereocenters. The molecule has 0 heteroatoms. The zero-order valence-electron chi connectivity index (χ0n) is 7.27. The first kappa shape index (κ1) is 9.74. The van der Waals surface area contributed by atoms with Crippen molar-refractivity contribution in [2.24, 2.45) is 5.92 Å². The standard InChI is InChI=1S/C10H19/c1-4-6-7-9-10(3)8-5-2/h5,8,10H,2,4,6-7,9H2,1,3H3/b8-5+. The molecule has 1 radical (unpaired) electrons. The highest BCUT2D eigenvalue weighted by Crippen LogP contribution is 2.09. The minimum Gasteiger partial charge on any atom is -0.0880 e. The SMILES string of the molecule is [CH2]/C=C/C(C)CCCCC. The molecule has 1 unspecified atom stereocenters. The number of rotatable bonds is 5. The van der Waals surface area contributed by atoms with Crippen LogP contribution in [-0.4, -0.2) is 0 Å². The van der Waals surface area contributed by atoms with Gasteiger partial charge in [0.15, 0.2) is 0 Å². The molecule has 0 rings (SSSR count). The van der Waals surface area contributed by atoms with Gasteiger partial charge in [-0.1, -0.05) is 45.3 Å². The van der Waals surface area contributed by atoms with Crippen LogP contribution in [0.3, 0.4) is 0 Å². The molecule has 0 N–H and O–H groups in total. The highest BCUT2D eigenvalue weighted by Gasteiger charge is 1.94. The van der Waals surface area contributed by atoms with Gasteiger partial charge in [-0.15, -0.1) is 0 Å². The minimum atomic E-state index is 0.726. The third kappa shape index (κ3) is 5.87. The summed E-state index contributed by atoms with van der Waals surface area (Å²) >= 11 is 0. The summed E-state index contributed by atoms with van der Waals surface area (Å²) in [5.74, 6) is 0.726. The Hall–Kier alpha value is -0.260. The van der Waals surface area contributed by atoms with Crippen LogP contribution in [0.5, 0.6) is 0 Å². The second-order valence-electron chi connectivity index (χ2n) is 2.90. The Balaban J connectivity index is 3.13. The molecule has 0 aromatic carbocycles. The smallest absolute Gasteiger partial charge is 0.0262 e. The molecular formula is C10H19. The van der Waals surface area contributed by atoms with Gasteiger partial charge in [-0.3, -0.25) is 0 Å². The summed E-state index contributed by atoms with van der Waals surface area (Å²) in [6.07, 6.45) is 9.45. The maximum atomic E-state index is 3.67. The Morgan fingerprint density at radius 3 is 2.60 bits per heavy atom. The van der Waals surface area contributed by atoms with Crippen LogP contribution in [0.4, 0.5) is 0 Å². The number of allylic oxidation sites excluding steroid dienone is 2. The molecule has 0 amide bonds. The van der Waals surface area contributed by atoms with Gasteiger partial charge in [0.1, 0.15) is 0 Å². The Morgan fingerprint density at radius 2 is 2.10 bits per heavy atom. The monoisotopic (exact) mass is 139 g/mol. The summed E-state index contributed by atoms with van der Waals surface area (Å²) in [4.78, 5) is 0. The van der Waals surface area contributed by atoms with E-state index < -0.39 is 0 Å². The summed E-state index contributed by atoms with van der Waals surface area (Å²) < 4.78 is 0. The van der Waals surface area contributed by atoms with Crippen molar-refractivity contribution in [2.45, 2.75) is 39.5 Å². The second kappa shape index (κ2) is 6.85. The molecule has 0 aliphatic carbocycles. The fourth-order valence-electron chi connectivity index (χ4n) is 1.04. The maximum absolute atomic E-state index is 3.67. The third-order valence-electron chi connectivity index (χ3n) is 1.73. The average molecular weight is 139 g/mol. The van der Waals surface area contributed by atoms with Crippen LogP contribution < -0.4 is 0 Å². The molecule has 0 fully saturated rings. The lowest BCUT2D eigenvalue weighted by Gasteiger charge is -2.03. The Morgan fingerprint density at radius 1 is 1.40 bits per heavy atom. The highest BCUT2D eigenvalue weighted by atomic mass is 14.0. The maximum Gasteiger partial charge on any atom is -0.0262 e. The van der Waals surface area contributed by atoms with Gasteiger partial charge in [0, 0.05) is 0 Å². The van der Waals surface area contributed by atoms with Gasteiger partial charge < -0.3 is 0 Å². The van der Waals surface area contributed by atoms with Crippen molar-refractivity contribution in [2.75, 3.05) is 0 Å². The predicted octanol–water partition coefficient (Wildman–Crippen LogP) is 3.59. The van der Waals surface area contributed by atoms with Crippen molar-refractivity contribution < 1.29 is 0 Å². The van der Waals surface area contributed by atoms with E-state index in [-0.39, 0.29) is 0 Å². The van der Waals surface area contributed by atoms with E-state index in [0.717, 1.165) is 5.92 Å². The van der Waals surface area contributed by atoms with E-state index in [1.807, 2.05) is 6.08 Å². The van der Waals surface area contributed by atoms with Crippen molar-refractivity contribution in [3.05, 3.63) is 19.1 Å². The molecule has 0 bridgehead atoms. The lowest BCUT2D eigenvalue weighted by Crippen LogP contribution is -1.88. The van der Waals surface area contributed by atoms with Crippen LogP contribution in [0.2, 0.25) is 0 Å². The van der Waals surface area contributed by atoms with Crippen molar-refractivity contribution in [3.63, 3.8) is 0 Å². The fraction of sp³-hybridized carbons (Fsp3) is 0.700. The van der Waals surface area contributed by atoms with Gasteiger partial charge in [0.2, 0.25) is 0 Å². The number of hydrogen-bond acceptors (Lipinski definition) is 0. The fourth-order valence-corrected chi connectivity index (χ4v) is 1.04. The van der Waals surface area contributed by atoms with Crippen molar-refractivity contribution in [1.29, 1.82) is 0 Å². The molecule has 0 aliphatic rings. The lowest BCUT2D eigenvalue weighted by atomic mass is 10.0. The van der Waals surface area contributed by atoms with Crippen LogP contribution in [0, 0.1) is 12.8 Å². The van der Waals surface area contributed by atoms with Crippen molar-refractivity contribution in [3.8, 4) is 0 Å². The first-order valence-electron chi connectivity index (χ1n) is 4.27. The van der Waals surface area contributed by atoms with Crippen LogP contribution in [0.25, 0.3) is 0 Å². The van der Waals surface area contributed by atoms with Gasteiger partial charge in [-0.2, -0.15) is 0 Å². The molecule has 0 aromatic heterocycles. The number of hydrogen-bond donors (Lipinski definition) is 0. The largest absolute Gasteiger partial charge is 0.0880 e. The van der Waals surface area contributed by atoms with Gasteiger partial charge in [-0.05, 0) is 19.3 Å². The van der Waals surface area contributed by atoms with Gasteiger partial charge in [0.25, 0.3) is 0 Å². The highest BCUT2D eigenvalue weighted by molar-refractivity contribution is 4.87. The van der Waals surface area contributed by atoms with Gasteiger partial charge in [-0.25, -0.2) is 0 Å². The van der Waals surface area contributed by atoms with E-state index in [0.29, 0.717) is 0 Å². The second-order valence-corrected chi connectivity index (χ2v) is 2.90. The van der Waals surface area contributed by atoms with E-state index >= 15 is 0 Å². The van der Waals surface area contributed by atoms with Crippen LogP contribution >= 0.6 is 0 Å². The molecule has 0 nitrogen and oxygen atoms in total. The van der Waals surface area contributed by atoms with E-state index in [1.54, 1.807) is 0 Å². The normalized spacial score (nSPS) is 14.3. The zero-order chi connectivity index (χ0) is 7.82. The van der Waals surface area contributed by atoms with E-state index in [1.165, 1.54) is 25.7 Å². The molecule has 10 heavy (non-hydrogen) atoms. The van der Waals surface area contributed by atoms with Gasteiger partial charge >= 0.3 is 0 Å². The summed E-state index contributed by atoms with van der Waals surface area (Å²) in [5, 5.41) is 0. The molecule has 0 heterocycles. The molecule has 0 saturated carbocycles. The summed E-state index contributed by atoms with van der Waals surface area (Å²) in [6.45, 7) is 8.16. The molecule has 0 saturated heterocycles. The molecule has 0 aromatic rings. The average Bonchev–Trinajstić information content (AvgIpc) is 1.89. The predicted molar refractivity (Wildman–Crippen MR) is 47.8 cm³/mol. The van der Waals surface area contributed by atoms with Crippen LogP contribution in [-0.2, 0) is 0 Å². The molecule has 0 aliphatic heterocycles. The van der Waals surface area contributed by atoms with E-state index in [4.69, 9.17) is 0 Å².